The number of primary amides is 1. The van der Waals surface area contributed by atoms with E-state index in [1.807, 2.05) is 12.3 Å². The van der Waals surface area contributed by atoms with Crippen LogP contribution in [0, 0.1) is 6.92 Å². The van der Waals surface area contributed by atoms with Crippen molar-refractivity contribution in [3.63, 3.8) is 0 Å². The van der Waals surface area contributed by atoms with Gasteiger partial charge in [0.1, 0.15) is 5.75 Å². The normalized spacial score (nSPS) is 10.7. The van der Waals surface area contributed by atoms with E-state index in [1.165, 1.54) is 11.3 Å². The maximum Gasteiger partial charge on any atom is 0.365 e. The van der Waals surface area contributed by atoms with Crippen LogP contribution in [0.5, 0.6) is 5.75 Å². The molecule has 1 aromatic carbocycles. The third-order valence-electron chi connectivity index (χ3n) is 3.75. The number of aromatic nitrogens is 2. The molecule has 0 unspecified atom stereocenters. The van der Waals surface area contributed by atoms with Gasteiger partial charge in [-0.1, -0.05) is 0 Å². The van der Waals surface area contributed by atoms with Crippen LogP contribution in [-0.4, -0.2) is 33.6 Å². The zero-order chi connectivity index (χ0) is 19.6. The first-order chi connectivity index (χ1) is 12.9. The molecule has 140 valence electrons. The number of thiazole rings is 2. The highest BCUT2D eigenvalue weighted by Gasteiger charge is 2.17. The second kappa shape index (κ2) is 7.85. The Labute approximate surface area is 163 Å². The lowest BCUT2D eigenvalue weighted by molar-refractivity contribution is 0.0696. The molecule has 3 N–H and O–H groups in total. The highest BCUT2D eigenvalue weighted by molar-refractivity contribution is 7.17. The molecule has 2 heterocycles. The van der Waals surface area contributed by atoms with E-state index in [0.717, 1.165) is 26.8 Å². The van der Waals surface area contributed by atoms with Crippen LogP contribution in [0.4, 0.5) is 0 Å². The summed E-state index contributed by atoms with van der Waals surface area (Å²) in [6.45, 7) is 4.16. The first kappa shape index (κ1) is 19.0. The molecule has 9 heteroatoms. The fourth-order valence-electron chi connectivity index (χ4n) is 2.55. The summed E-state index contributed by atoms with van der Waals surface area (Å²) in [4.78, 5) is 32.0. The summed E-state index contributed by atoms with van der Waals surface area (Å²) in [6.07, 6.45) is 0.477. The number of hydrogen-bond acceptors (Lipinski definition) is 7. The molecule has 3 rings (SSSR count). The number of ether oxygens (including phenoxy) is 1. The molecule has 0 aliphatic carbocycles. The van der Waals surface area contributed by atoms with Gasteiger partial charge in [-0.15, -0.1) is 22.7 Å². The predicted molar refractivity (Wildman–Crippen MR) is 104 cm³/mol. The van der Waals surface area contributed by atoms with Crippen molar-refractivity contribution < 1.29 is 19.4 Å². The molecule has 0 bridgehead atoms. The van der Waals surface area contributed by atoms with Gasteiger partial charge in [-0.05, 0) is 32.0 Å². The number of aromatic carboxylic acids is 1. The summed E-state index contributed by atoms with van der Waals surface area (Å²) in [5.74, 6) is -0.864. The Balaban J connectivity index is 1.91. The van der Waals surface area contributed by atoms with E-state index in [0.29, 0.717) is 35.7 Å². The number of aryl methyl sites for hydroxylation is 1. The van der Waals surface area contributed by atoms with E-state index in [1.54, 1.807) is 25.1 Å². The maximum atomic E-state index is 11.5. The summed E-state index contributed by atoms with van der Waals surface area (Å²) in [5.41, 5.74) is 7.94. The smallest absolute Gasteiger partial charge is 0.365 e. The predicted octanol–water partition coefficient (Wildman–Crippen LogP) is 3.36. The largest absolute Gasteiger partial charge is 0.494 e. The zero-order valence-electron chi connectivity index (χ0n) is 14.7. The molecule has 7 nitrogen and oxygen atoms in total. The van der Waals surface area contributed by atoms with E-state index >= 15 is 0 Å². The second-order valence-corrected chi connectivity index (χ2v) is 7.60. The van der Waals surface area contributed by atoms with E-state index in [9.17, 15) is 9.59 Å². The lowest BCUT2D eigenvalue weighted by Gasteiger charge is -2.10. The van der Waals surface area contributed by atoms with Crippen LogP contribution in [0.15, 0.2) is 23.6 Å². The fraction of sp³-hybridized carbons (Fsp3) is 0.222. The van der Waals surface area contributed by atoms with Crippen molar-refractivity contribution in [2.45, 2.75) is 20.3 Å². The summed E-state index contributed by atoms with van der Waals surface area (Å²) in [5, 5.41) is 11.8. The number of carbonyl (C=O) groups excluding carboxylic acids is 1. The van der Waals surface area contributed by atoms with Crippen LogP contribution in [0.2, 0.25) is 0 Å². The van der Waals surface area contributed by atoms with Gasteiger partial charge < -0.3 is 15.6 Å². The fourth-order valence-corrected chi connectivity index (χ4v) is 4.30. The number of nitrogens with zero attached hydrogens (tertiary/aromatic N) is 2. The first-order valence-corrected chi connectivity index (χ1v) is 9.79. The van der Waals surface area contributed by atoms with Gasteiger partial charge in [-0.2, -0.15) is 0 Å². The van der Waals surface area contributed by atoms with Crippen LogP contribution >= 0.6 is 22.7 Å². The van der Waals surface area contributed by atoms with Gasteiger partial charge in [0.25, 0.3) is 0 Å². The van der Waals surface area contributed by atoms with E-state index in [2.05, 4.69) is 9.97 Å². The maximum absolute atomic E-state index is 11.5. The molecule has 1 amide bonds. The van der Waals surface area contributed by atoms with Crippen LogP contribution in [-0.2, 0) is 6.42 Å². The van der Waals surface area contributed by atoms with Crippen molar-refractivity contribution >= 4 is 34.6 Å². The number of benzene rings is 1. The van der Waals surface area contributed by atoms with E-state index in [-0.39, 0.29) is 5.01 Å². The van der Waals surface area contributed by atoms with Crippen molar-refractivity contribution in [2.75, 3.05) is 6.61 Å². The molecule has 0 spiro atoms. The summed E-state index contributed by atoms with van der Waals surface area (Å²) in [6, 6.07) is 5.09. The van der Waals surface area contributed by atoms with Crippen LogP contribution < -0.4 is 10.5 Å². The average Bonchev–Trinajstić information content (AvgIpc) is 3.23. The van der Waals surface area contributed by atoms with Gasteiger partial charge in [0.2, 0.25) is 10.9 Å². The van der Waals surface area contributed by atoms with Crippen molar-refractivity contribution in [3.8, 4) is 16.3 Å². The zero-order valence-corrected chi connectivity index (χ0v) is 16.3. The van der Waals surface area contributed by atoms with Gasteiger partial charge in [-0.25, -0.2) is 14.8 Å². The molecule has 0 atom stereocenters. The molecular weight excluding hydrogens is 386 g/mol. The molecule has 0 saturated carbocycles. The molecule has 0 fully saturated rings. The van der Waals surface area contributed by atoms with Crippen molar-refractivity contribution in [1.82, 2.24) is 9.97 Å². The van der Waals surface area contributed by atoms with Crippen LogP contribution in [0.1, 0.15) is 43.3 Å². The number of carboxylic acids is 1. The van der Waals surface area contributed by atoms with Gasteiger partial charge in [0, 0.05) is 22.9 Å². The highest BCUT2D eigenvalue weighted by Crippen LogP contribution is 2.32. The molecule has 27 heavy (non-hydrogen) atoms. The second-order valence-electron chi connectivity index (χ2n) is 5.66. The minimum absolute atomic E-state index is 0.0461. The highest BCUT2D eigenvalue weighted by atomic mass is 32.1. The Kier molecular flexibility index (Phi) is 5.52. The Hall–Kier alpha value is -2.78. The topological polar surface area (TPSA) is 115 Å². The summed E-state index contributed by atoms with van der Waals surface area (Å²) < 4.78 is 5.64. The van der Waals surface area contributed by atoms with Gasteiger partial charge >= 0.3 is 5.97 Å². The molecule has 0 aliphatic rings. The minimum Gasteiger partial charge on any atom is -0.494 e. The Morgan fingerprint density at radius 2 is 2.07 bits per heavy atom. The molecule has 2 aromatic heterocycles. The van der Waals surface area contributed by atoms with Crippen molar-refractivity contribution in [2.24, 2.45) is 5.73 Å². The molecule has 3 aromatic rings. The first-order valence-electron chi connectivity index (χ1n) is 8.10. The van der Waals surface area contributed by atoms with Gasteiger partial charge in [0.15, 0.2) is 0 Å². The van der Waals surface area contributed by atoms with E-state index < -0.39 is 11.9 Å². The number of amides is 1. The van der Waals surface area contributed by atoms with Crippen LogP contribution in [0.3, 0.4) is 0 Å². The van der Waals surface area contributed by atoms with E-state index in [4.69, 9.17) is 15.6 Å². The number of carboxylic acid groups (broad SMARTS) is 1. The molecular formula is C18H17N3O4S2. The Bertz CT molecular complexity index is 1010. The van der Waals surface area contributed by atoms with Gasteiger partial charge in [-0.3, -0.25) is 4.79 Å². The summed E-state index contributed by atoms with van der Waals surface area (Å²) in [7, 11) is 0. The Morgan fingerprint density at radius 1 is 1.30 bits per heavy atom. The van der Waals surface area contributed by atoms with Crippen LogP contribution in [0.25, 0.3) is 10.6 Å². The number of carbonyl (C=O) groups is 2. The standard InChI is InChI=1S/C18H17N3O4S2/c1-3-25-13-5-4-10(16(19)22)6-11(13)7-14-21-12(8-26-14)15-9(2)20-17(27-15)18(23)24/h4-6,8H,3,7H2,1-2H3,(H2,19,22)(H,23,24). The van der Waals surface area contributed by atoms with Crippen molar-refractivity contribution in [3.05, 3.63) is 50.4 Å². The number of hydrogen-bond donors (Lipinski definition) is 2. The number of nitrogens with two attached hydrogens (primary N) is 1. The quantitative estimate of drug-likeness (QED) is 0.625. The molecule has 0 radical (unpaired) electrons. The monoisotopic (exact) mass is 403 g/mol. The lowest BCUT2D eigenvalue weighted by Crippen LogP contribution is -2.11. The SMILES string of the molecule is CCOc1ccc(C(N)=O)cc1Cc1nc(-c2sc(C(=O)O)nc2C)cs1. The molecule has 0 aliphatic heterocycles. The minimum atomic E-state index is -1.05. The third-order valence-corrected chi connectivity index (χ3v) is 5.77. The Morgan fingerprint density at radius 3 is 2.70 bits per heavy atom. The molecule has 0 saturated heterocycles. The van der Waals surface area contributed by atoms with Gasteiger partial charge in [0.05, 0.1) is 27.9 Å². The van der Waals surface area contributed by atoms with Crippen molar-refractivity contribution in [1.29, 1.82) is 0 Å². The third kappa shape index (κ3) is 4.15. The number of rotatable bonds is 7. The average molecular weight is 403 g/mol. The lowest BCUT2D eigenvalue weighted by atomic mass is 10.1. The summed E-state index contributed by atoms with van der Waals surface area (Å²) >= 11 is 2.56.